The average molecular weight is 384 g/mol. The van der Waals surface area contributed by atoms with Crippen molar-refractivity contribution >= 4 is 12.0 Å². The molecule has 0 saturated carbocycles. The molecule has 2 rings (SSSR count). The summed E-state index contributed by atoms with van der Waals surface area (Å²) in [6, 6.07) is 14.9. The molecule has 2 amide bonds. The number of carbonyl (C=O) groups excluding carboxylic acids is 2. The van der Waals surface area contributed by atoms with Crippen LogP contribution in [0, 0.1) is 0 Å². The molecule has 0 radical (unpaired) electrons. The van der Waals surface area contributed by atoms with Gasteiger partial charge in [0.2, 0.25) is 0 Å². The molecule has 0 aliphatic rings. The van der Waals surface area contributed by atoms with E-state index >= 15 is 0 Å². The van der Waals surface area contributed by atoms with Crippen molar-refractivity contribution < 1.29 is 19.1 Å². The van der Waals surface area contributed by atoms with Gasteiger partial charge in [-0.3, -0.25) is 4.79 Å². The van der Waals surface area contributed by atoms with E-state index in [0.29, 0.717) is 5.56 Å². The number of unbranched alkanes of at least 4 members (excludes halogenated alkanes) is 1. The number of carbonyl (C=O) groups is 2. The molecule has 2 aromatic carbocycles. The van der Waals surface area contributed by atoms with E-state index in [1.807, 2.05) is 24.3 Å². The second-order valence-corrected chi connectivity index (χ2v) is 6.67. The Morgan fingerprint density at radius 1 is 1.11 bits per heavy atom. The van der Waals surface area contributed by atoms with Crippen LogP contribution in [0.3, 0.4) is 0 Å². The average Bonchev–Trinajstić information content (AvgIpc) is 2.70. The van der Waals surface area contributed by atoms with E-state index in [1.165, 1.54) is 0 Å². The van der Waals surface area contributed by atoms with Gasteiger partial charge in [-0.05, 0) is 48.2 Å². The molecule has 0 aromatic heterocycles. The lowest BCUT2D eigenvalue weighted by Gasteiger charge is -2.19. The molecule has 0 bridgehead atoms. The summed E-state index contributed by atoms with van der Waals surface area (Å²) in [4.78, 5) is 23.3. The summed E-state index contributed by atoms with van der Waals surface area (Å²) in [5, 5.41) is 3.14. The molecule has 0 heterocycles. The van der Waals surface area contributed by atoms with Crippen molar-refractivity contribution in [1.82, 2.24) is 5.32 Å². The second kappa shape index (κ2) is 11.0. The van der Waals surface area contributed by atoms with Gasteiger partial charge < -0.3 is 20.5 Å². The quantitative estimate of drug-likeness (QED) is 0.651. The van der Waals surface area contributed by atoms with Gasteiger partial charge >= 0.3 is 6.09 Å². The molecular formula is C22H28N2O4. The minimum absolute atomic E-state index is 0.0393. The zero-order chi connectivity index (χ0) is 20.4. The van der Waals surface area contributed by atoms with Crippen molar-refractivity contribution in [2.75, 3.05) is 7.11 Å². The number of ether oxygens (including phenoxy) is 2. The van der Waals surface area contributed by atoms with E-state index in [2.05, 4.69) is 12.2 Å². The molecule has 1 atom stereocenters. The van der Waals surface area contributed by atoms with Crippen molar-refractivity contribution in [2.24, 2.45) is 5.73 Å². The normalized spacial score (nSPS) is 11.5. The highest BCUT2D eigenvalue weighted by molar-refractivity contribution is 5.94. The molecule has 0 saturated heterocycles. The number of methoxy groups -OCH3 is 1. The standard InChI is InChI=1S/C22H28N2O4/c1-3-4-7-19(13-17-6-5-8-20(14-17)27-2)24-21(25)18-11-9-16(10-12-18)15-28-22(23)26/h5-6,8-12,14,19H,3-4,7,13,15H2,1-2H3,(H2,23,26)(H,24,25). The minimum atomic E-state index is -0.821. The third kappa shape index (κ3) is 6.95. The van der Waals surface area contributed by atoms with Gasteiger partial charge in [-0.15, -0.1) is 0 Å². The maximum atomic E-state index is 12.7. The van der Waals surface area contributed by atoms with E-state index in [1.54, 1.807) is 31.4 Å². The molecule has 6 nitrogen and oxygen atoms in total. The lowest BCUT2D eigenvalue weighted by Crippen LogP contribution is -2.36. The van der Waals surface area contributed by atoms with Crippen LogP contribution < -0.4 is 15.8 Å². The first kappa shape index (κ1) is 21.3. The Bertz CT molecular complexity index is 774. The highest BCUT2D eigenvalue weighted by Gasteiger charge is 2.15. The first-order chi connectivity index (χ1) is 13.5. The summed E-state index contributed by atoms with van der Waals surface area (Å²) in [6.07, 6.45) is 2.94. The molecule has 28 heavy (non-hydrogen) atoms. The van der Waals surface area contributed by atoms with Gasteiger partial charge in [-0.25, -0.2) is 4.79 Å². The van der Waals surface area contributed by atoms with Crippen LogP contribution in [0.25, 0.3) is 0 Å². The number of nitrogens with one attached hydrogen (secondary N) is 1. The summed E-state index contributed by atoms with van der Waals surface area (Å²) in [5.74, 6) is 0.693. The van der Waals surface area contributed by atoms with Crippen molar-refractivity contribution in [3.63, 3.8) is 0 Å². The van der Waals surface area contributed by atoms with Gasteiger partial charge in [0.15, 0.2) is 0 Å². The number of hydrogen-bond donors (Lipinski definition) is 2. The Morgan fingerprint density at radius 3 is 2.50 bits per heavy atom. The molecule has 0 aliphatic heterocycles. The Morgan fingerprint density at radius 2 is 1.86 bits per heavy atom. The summed E-state index contributed by atoms with van der Waals surface area (Å²) in [6.45, 7) is 2.23. The van der Waals surface area contributed by atoms with Crippen LogP contribution in [0.15, 0.2) is 48.5 Å². The van der Waals surface area contributed by atoms with Gasteiger partial charge in [0.25, 0.3) is 5.91 Å². The Balaban J connectivity index is 2.01. The molecule has 1 unspecified atom stereocenters. The van der Waals surface area contributed by atoms with Crippen molar-refractivity contribution in [1.29, 1.82) is 0 Å². The van der Waals surface area contributed by atoms with Crippen molar-refractivity contribution in [2.45, 2.75) is 45.3 Å². The van der Waals surface area contributed by atoms with Crippen LogP contribution in [0.1, 0.15) is 47.7 Å². The first-order valence-electron chi connectivity index (χ1n) is 9.46. The number of hydrogen-bond acceptors (Lipinski definition) is 4. The molecule has 6 heteroatoms. The first-order valence-corrected chi connectivity index (χ1v) is 9.46. The largest absolute Gasteiger partial charge is 0.497 e. The van der Waals surface area contributed by atoms with E-state index < -0.39 is 6.09 Å². The van der Waals surface area contributed by atoms with E-state index in [4.69, 9.17) is 15.2 Å². The predicted molar refractivity (Wildman–Crippen MR) is 108 cm³/mol. The summed E-state index contributed by atoms with van der Waals surface area (Å²) >= 11 is 0. The van der Waals surface area contributed by atoms with E-state index in [9.17, 15) is 9.59 Å². The number of amides is 2. The van der Waals surface area contributed by atoms with Gasteiger partial charge in [0.05, 0.1) is 7.11 Å². The number of primary amides is 1. The zero-order valence-corrected chi connectivity index (χ0v) is 16.4. The minimum Gasteiger partial charge on any atom is -0.497 e. The van der Waals surface area contributed by atoms with Gasteiger partial charge in [-0.1, -0.05) is 44.0 Å². The smallest absolute Gasteiger partial charge is 0.404 e. The third-order valence-corrected chi connectivity index (χ3v) is 4.45. The molecular weight excluding hydrogens is 356 g/mol. The van der Waals surface area contributed by atoms with Gasteiger partial charge in [0.1, 0.15) is 12.4 Å². The lowest BCUT2D eigenvalue weighted by molar-refractivity contribution is 0.0934. The molecule has 150 valence electrons. The monoisotopic (exact) mass is 384 g/mol. The maximum absolute atomic E-state index is 12.7. The second-order valence-electron chi connectivity index (χ2n) is 6.67. The van der Waals surface area contributed by atoms with Crippen LogP contribution in [0.2, 0.25) is 0 Å². The number of benzene rings is 2. The molecule has 0 fully saturated rings. The summed E-state index contributed by atoms with van der Waals surface area (Å²) < 4.78 is 10.0. The van der Waals surface area contributed by atoms with E-state index in [-0.39, 0.29) is 18.6 Å². The van der Waals surface area contributed by atoms with Crippen molar-refractivity contribution in [3.05, 3.63) is 65.2 Å². The van der Waals surface area contributed by atoms with E-state index in [0.717, 1.165) is 42.6 Å². The van der Waals surface area contributed by atoms with Crippen LogP contribution >= 0.6 is 0 Å². The highest BCUT2D eigenvalue weighted by atomic mass is 16.5. The molecule has 2 aromatic rings. The Labute approximate surface area is 166 Å². The fourth-order valence-corrected chi connectivity index (χ4v) is 2.94. The fraction of sp³-hybridized carbons (Fsp3) is 0.364. The van der Waals surface area contributed by atoms with Crippen LogP contribution in [0.4, 0.5) is 4.79 Å². The highest BCUT2D eigenvalue weighted by Crippen LogP contribution is 2.16. The summed E-state index contributed by atoms with van der Waals surface area (Å²) in [5.41, 5.74) is 7.42. The Hall–Kier alpha value is -3.02. The van der Waals surface area contributed by atoms with Crippen LogP contribution in [0.5, 0.6) is 5.75 Å². The third-order valence-electron chi connectivity index (χ3n) is 4.45. The summed E-state index contributed by atoms with van der Waals surface area (Å²) in [7, 11) is 1.65. The van der Waals surface area contributed by atoms with Gasteiger partial charge in [0, 0.05) is 11.6 Å². The van der Waals surface area contributed by atoms with Crippen molar-refractivity contribution in [3.8, 4) is 5.75 Å². The Kier molecular flexibility index (Phi) is 8.34. The maximum Gasteiger partial charge on any atom is 0.404 e. The molecule has 3 N–H and O–H groups in total. The van der Waals surface area contributed by atoms with Gasteiger partial charge in [-0.2, -0.15) is 0 Å². The number of nitrogens with two attached hydrogens (primary N) is 1. The SMILES string of the molecule is CCCCC(Cc1cccc(OC)c1)NC(=O)c1ccc(COC(N)=O)cc1. The van der Waals surface area contributed by atoms with Crippen LogP contribution in [-0.4, -0.2) is 25.2 Å². The predicted octanol–water partition coefficient (Wildman–Crippen LogP) is 3.82. The topological polar surface area (TPSA) is 90.7 Å². The number of rotatable bonds is 10. The van der Waals surface area contributed by atoms with Crippen LogP contribution in [-0.2, 0) is 17.8 Å². The lowest BCUT2D eigenvalue weighted by atomic mass is 10.00. The zero-order valence-electron chi connectivity index (χ0n) is 16.4. The molecule has 0 aliphatic carbocycles. The molecule has 0 spiro atoms. The fourth-order valence-electron chi connectivity index (χ4n) is 2.94.